The standard InChI is InChI=1S/C32H37F6N5O3/c1-22(40-46-12-4-7-41-10-13-45-14-11-41)20-42-8-9-43(27(21-42)17-24-19-39-29-6-3-2-5-28(24)29)30(44)23-15-25(31(33,34)35)18-26(16-23)32(36,37)38/h2-3,5-6,15-16,18-19,27,39H,4,7-14,17,20-21H2,1H3/b40-22+/t27-/m1/s1. The van der Waals surface area contributed by atoms with Gasteiger partial charge in [0.1, 0.15) is 6.61 Å². The zero-order chi connectivity index (χ0) is 32.9. The van der Waals surface area contributed by atoms with Crippen molar-refractivity contribution in [2.45, 2.75) is 38.2 Å². The second-order valence-corrected chi connectivity index (χ2v) is 11.7. The van der Waals surface area contributed by atoms with E-state index in [9.17, 15) is 31.1 Å². The van der Waals surface area contributed by atoms with Gasteiger partial charge in [-0.1, -0.05) is 23.4 Å². The molecule has 0 radical (unpaired) electrons. The molecule has 0 unspecified atom stereocenters. The molecular weight excluding hydrogens is 616 g/mol. The first kappa shape index (κ1) is 33.7. The number of carbonyl (C=O) groups excluding carboxylic acids is 1. The van der Waals surface area contributed by atoms with Gasteiger partial charge >= 0.3 is 12.4 Å². The number of hydrogen-bond donors (Lipinski definition) is 1. The Bertz CT molecular complexity index is 1480. The zero-order valence-corrected chi connectivity index (χ0v) is 25.5. The van der Waals surface area contributed by atoms with Crippen molar-refractivity contribution < 1.29 is 40.7 Å². The molecule has 250 valence electrons. The van der Waals surface area contributed by atoms with Crippen molar-refractivity contribution in [3.63, 3.8) is 0 Å². The maximum absolute atomic E-state index is 13.7. The summed E-state index contributed by atoms with van der Waals surface area (Å²) in [7, 11) is 0. The number of carbonyl (C=O) groups is 1. The maximum Gasteiger partial charge on any atom is 0.416 e. The number of amides is 1. The zero-order valence-electron chi connectivity index (χ0n) is 25.5. The van der Waals surface area contributed by atoms with Crippen LogP contribution in [0.15, 0.2) is 53.8 Å². The van der Waals surface area contributed by atoms with Crippen molar-refractivity contribution in [1.29, 1.82) is 0 Å². The fourth-order valence-corrected chi connectivity index (χ4v) is 5.99. The Morgan fingerprint density at radius 3 is 2.37 bits per heavy atom. The molecule has 2 fully saturated rings. The summed E-state index contributed by atoms with van der Waals surface area (Å²) in [5.74, 6) is -0.880. The molecular formula is C32H37F6N5O3. The van der Waals surface area contributed by atoms with Crippen molar-refractivity contribution >= 4 is 22.5 Å². The third-order valence-corrected chi connectivity index (χ3v) is 8.28. The summed E-state index contributed by atoms with van der Waals surface area (Å²) in [5, 5.41) is 5.17. The smallest absolute Gasteiger partial charge is 0.396 e. The van der Waals surface area contributed by atoms with Gasteiger partial charge in [-0.05, 0) is 49.6 Å². The van der Waals surface area contributed by atoms with E-state index in [1.54, 1.807) is 0 Å². The van der Waals surface area contributed by atoms with Crippen molar-refractivity contribution in [3.8, 4) is 0 Å². The molecule has 1 aromatic heterocycles. The number of piperazine rings is 1. The maximum atomic E-state index is 13.7. The number of morpholine rings is 1. The average molecular weight is 654 g/mol. The molecule has 0 aliphatic carbocycles. The number of aromatic amines is 1. The number of alkyl halides is 6. The van der Waals surface area contributed by atoms with Crippen LogP contribution in [0, 0.1) is 0 Å². The lowest BCUT2D eigenvalue weighted by Crippen LogP contribution is -2.56. The van der Waals surface area contributed by atoms with Gasteiger partial charge < -0.3 is 19.5 Å². The third kappa shape index (κ3) is 8.59. The minimum absolute atomic E-state index is 0.0327. The lowest BCUT2D eigenvalue weighted by molar-refractivity contribution is -0.143. The van der Waals surface area contributed by atoms with Gasteiger partial charge in [0.2, 0.25) is 0 Å². The van der Waals surface area contributed by atoms with Gasteiger partial charge in [-0.15, -0.1) is 0 Å². The van der Waals surface area contributed by atoms with E-state index in [-0.39, 0.29) is 12.6 Å². The number of nitrogens with one attached hydrogen (secondary N) is 1. The molecule has 3 heterocycles. The molecule has 14 heteroatoms. The highest BCUT2D eigenvalue weighted by atomic mass is 19.4. The number of aromatic nitrogens is 1. The molecule has 5 rings (SSSR count). The quantitative estimate of drug-likeness (QED) is 0.132. The van der Waals surface area contributed by atoms with E-state index < -0.39 is 41.0 Å². The lowest BCUT2D eigenvalue weighted by Gasteiger charge is -2.41. The van der Waals surface area contributed by atoms with Crippen LogP contribution in [0.5, 0.6) is 0 Å². The molecule has 1 atom stereocenters. The number of H-pyrrole nitrogens is 1. The number of rotatable bonds is 10. The van der Waals surface area contributed by atoms with Gasteiger partial charge in [0, 0.05) is 74.5 Å². The van der Waals surface area contributed by atoms with Gasteiger partial charge in [0.25, 0.3) is 5.91 Å². The summed E-state index contributed by atoms with van der Waals surface area (Å²) in [6.45, 7) is 7.65. The van der Waals surface area contributed by atoms with Crippen LogP contribution in [-0.4, -0.2) is 103 Å². The summed E-state index contributed by atoms with van der Waals surface area (Å²) in [6.07, 6.45) is -7.14. The van der Waals surface area contributed by atoms with Gasteiger partial charge in [0.05, 0.1) is 30.1 Å². The first-order valence-corrected chi connectivity index (χ1v) is 15.2. The summed E-state index contributed by atoms with van der Waals surface area (Å²) >= 11 is 0. The topological polar surface area (TPSA) is 73.4 Å². The fraction of sp³-hybridized carbons (Fsp3) is 0.500. The Hall–Kier alpha value is -3.62. The highest BCUT2D eigenvalue weighted by Gasteiger charge is 2.39. The van der Waals surface area contributed by atoms with E-state index in [1.807, 2.05) is 37.4 Å². The summed E-state index contributed by atoms with van der Waals surface area (Å²) < 4.78 is 86.8. The van der Waals surface area contributed by atoms with Gasteiger partial charge in [-0.25, -0.2) is 0 Å². The highest BCUT2D eigenvalue weighted by molar-refractivity contribution is 5.95. The number of oxime groups is 1. The van der Waals surface area contributed by atoms with Gasteiger partial charge in [-0.2, -0.15) is 26.3 Å². The Morgan fingerprint density at radius 2 is 1.67 bits per heavy atom. The van der Waals surface area contributed by atoms with Crippen LogP contribution in [0.3, 0.4) is 0 Å². The van der Waals surface area contributed by atoms with E-state index in [0.717, 1.165) is 55.7 Å². The number of halogens is 6. The van der Waals surface area contributed by atoms with E-state index in [4.69, 9.17) is 9.57 Å². The van der Waals surface area contributed by atoms with Crippen LogP contribution in [0.2, 0.25) is 0 Å². The van der Waals surface area contributed by atoms with Gasteiger partial charge in [0.15, 0.2) is 0 Å². The Morgan fingerprint density at radius 1 is 0.978 bits per heavy atom. The van der Waals surface area contributed by atoms with E-state index in [1.165, 1.54) is 4.90 Å². The van der Waals surface area contributed by atoms with Crippen LogP contribution < -0.4 is 0 Å². The molecule has 2 aliphatic heterocycles. The van der Waals surface area contributed by atoms with E-state index >= 15 is 0 Å². The van der Waals surface area contributed by atoms with Gasteiger partial charge in [-0.3, -0.25) is 14.6 Å². The van der Waals surface area contributed by atoms with Crippen LogP contribution >= 0.6 is 0 Å². The largest absolute Gasteiger partial charge is 0.416 e. The predicted molar refractivity (Wildman–Crippen MR) is 161 cm³/mol. The first-order chi connectivity index (χ1) is 21.9. The molecule has 2 saturated heterocycles. The molecule has 1 amide bonds. The van der Waals surface area contributed by atoms with Crippen LogP contribution in [0.25, 0.3) is 10.9 Å². The number of fused-ring (bicyclic) bond motifs is 1. The number of hydrogen-bond acceptors (Lipinski definition) is 6. The Balaban J connectivity index is 1.31. The van der Waals surface area contributed by atoms with Crippen LogP contribution in [0.4, 0.5) is 26.3 Å². The Labute approximate surface area is 262 Å². The number of para-hydroxylation sites is 1. The second kappa shape index (κ2) is 14.4. The molecule has 46 heavy (non-hydrogen) atoms. The molecule has 2 aromatic carbocycles. The SMILES string of the molecule is C/C(CN1CCN(C(=O)c2cc(C(F)(F)F)cc(C(F)(F)F)c2)[C@H](Cc2c[nH]c3ccccc23)C1)=N\OCCCN1CCOCC1. The second-order valence-electron chi connectivity index (χ2n) is 11.7. The van der Waals surface area contributed by atoms with Crippen molar-refractivity contribution in [3.05, 3.63) is 70.9 Å². The third-order valence-electron chi connectivity index (χ3n) is 8.28. The molecule has 8 nitrogen and oxygen atoms in total. The van der Waals surface area contributed by atoms with E-state index in [0.29, 0.717) is 50.5 Å². The monoisotopic (exact) mass is 653 g/mol. The minimum Gasteiger partial charge on any atom is -0.396 e. The molecule has 1 N–H and O–H groups in total. The predicted octanol–water partition coefficient (Wildman–Crippen LogP) is 5.69. The molecule has 3 aromatic rings. The summed E-state index contributed by atoms with van der Waals surface area (Å²) in [5.41, 5.74) is -1.21. The number of nitrogens with zero attached hydrogens (tertiary/aromatic N) is 4. The minimum atomic E-state index is -5.06. The molecule has 0 bridgehead atoms. The van der Waals surface area contributed by atoms with Crippen molar-refractivity contribution in [2.75, 3.05) is 65.6 Å². The normalized spacial score (nSPS) is 19.2. The summed E-state index contributed by atoms with van der Waals surface area (Å²) in [6, 6.07) is 8.06. The lowest BCUT2D eigenvalue weighted by atomic mass is 9.98. The van der Waals surface area contributed by atoms with Crippen LogP contribution in [-0.2, 0) is 28.3 Å². The molecule has 2 aliphatic rings. The number of ether oxygens (including phenoxy) is 1. The van der Waals surface area contributed by atoms with Crippen molar-refractivity contribution in [1.82, 2.24) is 19.7 Å². The fourth-order valence-electron chi connectivity index (χ4n) is 5.99. The van der Waals surface area contributed by atoms with Crippen molar-refractivity contribution in [2.24, 2.45) is 5.16 Å². The highest BCUT2D eigenvalue weighted by Crippen LogP contribution is 2.37. The molecule has 0 saturated carbocycles. The first-order valence-electron chi connectivity index (χ1n) is 15.2. The summed E-state index contributed by atoms with van der Waals surface area (Å²) in [4.78, 5) is 28.2. The Kier molecular flexibility index (Phi) is 10.6. The van der Waals surface area contributed by atoms with E-state index in [2.05, 4.69) is 19.9 Å². The van der Waals surface area contributed by atoms with Crippen LogP contribution in [0.1, 0.15) is 40.4 Å². The average Bonchev–Trinajstić information content (AvgIpc) is 3.43. The molecule has 0 spiro atoms. The number of benzene rings is 2.